The molecule has 14 heteroatoms. The Kier molecular flexibility index (Phi) is 13.9. The van der Waals surface area contributed by atoms with Gasteiger partial charge in [0.25, 0.3) is 0 Å². The number of benzene rings is 3. The molecule has 2 saturated heterocycles. The lowest BCUT2D eigenvalue weighted by Gasteiger charge is -2.33. The van der Waals surface area contributed by atoms with Crippen LogP contribution < -0.4 is 14.2 Å². The monoisotopic (exact) mass is 816 g/mol. The summed E-state index contributed by atoms with van der Waals surface area (Å²) in [6, 6.07) is 18.2. The summed E-state index contributed by atoms with van der Waals surface area (Å²) in [5.74, 6) is -0.401. The second kappa shape index (κ2) is 19.0. The average molecular weight is 818 g/mol. The normalized spacial score (nSPS) is 18.5. The first-order chi connectivity index (χ1) is 27.5. The van der Waals surface area contributed by atoms with E-state index >= 15 is 0 Å². The van der Waals surface area contributed by atoms with Gasteiger partial charge in [0, 0.05) is 54.8 Å². The number of aliphatic carboxylic acids is 2. The van der Waals surface area contributed by atoms with Crippen LogP contribution in [0, 0.1) is 23.7 Å². The Balaban J connectivity index is 1.15. The highest BCUT2D eigenvalue weighted by Crippen LogP contribution is 2.39. The lowest BCUT2D eigenvalue weighted by molar-refractivity contribution is -0.150. The summed E-state index contributed by atoms with van der Waals surface area (Å²) >= 11 is 13.8. The van der Waals surface area contributed by atoms with E-state index in [1.807, 2.05) is 53.1 Å². The van der Waals surface area contributed by atoms with Gasteiger partial charge in [-0.2, -0.15) is 5.26 Å². The molecule has 1 unspecified atom stereocenters. The molecule has 3 heterocycles. The van der Waals surface area contributed by atoms with E-state index in [-0.39, 0.29) is 19.8 Å². The molecule has 2 aliphatic rings. The second-order valence-corrected chi connectivity index (χ2v) is 15.4. The van der Waals surface area contributed by atoms with Crippen molar-refractivity contribution in [1.82, 2.24) is 14.8 Å². The highest BCUT2D eigenvalue weighted by molar-refractivity contribution is 6.35. The molecule has 6 rings (SSSR count). The lowest BCUT2D eigenvalue weighted by Crippen LogP contribution is -2.44. The molecule has 57 heavy (non-hydrogen) atoms. The van der Waals surface area contributed by atoms with Gasteiger partial charge in [-0.1, -0.05) is 60.0 Å². The largest absolute Gasteiger partial charge is 0.492 e. The number of piperidine rings is 1. The van der Waals surface area contributed by atoms with Crippen molar-refractivity contribution in [3.63, 3.8) is 0 Å². The highest BCUT2D eigenvalue weighted by atomic mass is 35.5. The van der Waals surface area contributed by atoms with E-state index in [0.717, 1.165) is 40.7 Å². The minimum absolute atomic E-state index is 0.125. The van der Waals surface area contributed by atoms with E-state index in [9.17, 15) is 30.2 Å². The molecule has 0 amide bonds. The molecule has 0 aliphatic carbocycles. The minimum Gasteiger partial charge on any atom is -0.492 e. The van der Waals surface area contributed by atoms with Gasteiger partial charge in [-0.15, -0.1) is 0 Å². The number of halogens is 2. The number of pyridine rings is 1. The van der Waals surface area contributed by atoms with E-state index in [2.05, 4.69) is 11.1 Å². The van der Waals surface area contributed by atoms with E-state index in [1.165, 1.54) is 6.20 Å². The van der Waals surface area contributed by atoms with Crippen LogP contribution in [0.4, 0.5) is 0 Å². The Morgan fingerprint density at radius 2 is 1.74 bits per heavy atom. The Morgan fingerprint density at radius 1 is 0.947 bits per heavy atom. The molecule has 0 radical (unpaired) electrons. The van der Waals surface area contributed by atoms with Crippen LogP contribution in [0.3, 0.4) is 0 Å². The standard InChI is InChI=1S/C43H46Cl2N4O8/c1-28-31(7-4-8-33(28)34-9-5-11-37(40(34)45)55-16-6-13-48-15-12-43(26-48,27-50)42(53)54)25-57-39-19-38(56-24-30-17-29(20-46)21-47-22-30)32(18-35(39)44)23-49-14-3-2-10-36(49)41(51)52/h4-5,7-9,11,17-19,21-22,36,50H,2-3,6,10,12-16,23-27H2,1H3,(H,51,52)(H,53,54)/t36-,43?/m0/s1. The van der Waals surface area contributed by atoms with Gasteiger partial charge in [0.05, 0.1) is 28.8 Å². The maximum atomic E-state index is 12.1. The number of aromatic nitrogens is 1. The van der Waals surface area contributed by atoms with Crippen molar-refractivity contribution in [2.45, 2.75) is 64.8 Å². The topological polar surface area (TPSA) is 166 Å². The van der Waals surface area contributed by atoms with Gasteiger partial charge in [-0.25, -0.2) is 0 Å². The third kappa shape index (κ3) is 9.98. The summed E-state index contributed by atoms with van der Waals surface area (Å²) in [6.45, 7) is 4.84. The van der Waals surface area contributed by atoms with E-state index in [4.69, 9.17) is 37.4 Å². The zero-order valence-electron chi connectivity index (χ0n) is 31.8. The summed E-state index contributed by atoms with van der Waals surface area (Å²) in [4.78, 5) is 31.9. The Labute approximate surface area is 342 Å². The predicted octanol–water partition coefficient (Wildman–Crippen LogP) is 7.37. The lowest BCUT2D eigenvalue weighted by atomic mass is 9.88. The molecule has 3 N–H and O–H groups in total. The Bertz CT molecular complexity index is 2130. The minimum atomic E-state index is -1.10. The summed E-state index contributed by atoms with van der Waals surface area (Å²) < 4.78 is 18.7. The van der Waals surface area contributed by atoms with Crippen LogP contribution in [0.25, 0.3) is 11.1 Å². The first-order valence-electron chi connectivity index (χ1n) is 19.0. The fourth-order valence-electron chi connectivity index (χ4n) is 7.52. The third-order valence-corrected chi connectivity index (χ3v) is 11.5. The van der Waals surface area contributed by atoms with Crippen molar-refractivity contribution < 1.29 is 39.1 Å². The number of aliphatic hydroxyl groups is 1. The number of hydrogen-bond donors (Lipinski definition) is 3. The predicted molar refractivity (Wildman–Crippen MR) is 215 cm³/mol. The quantitative estimate of drug-likeness (QED) is 0.0908. The van der Waals surface area contributed by atoms with Gasteiger partial charge >= 0.3 is 11.9 Å². The maximum Gasteiger partial charge on any atom is 0.320 e. The molecule has 4 aromatic rings. The summed E-state index contributed by atoms with van der Waals surface area (Å²) in [5.41, 5.74) is 4.30. The number of nitrogens with zero attached hydrogens (tertiary/aromatic N) is 4. The number of aliphatic hydroxyl groups excluding tert-OH is 1. The van der Waals surface area contributed by atoms with Crippen LogP contribution in [-0.2, 0) is 29.3 Å². The van der Waals surface area contributed by atoms with Crippen LogP contribution in [0.1, 0.15) is 59.9 Å². The fraction of sp³-hybridized carbons (Fsp3) is 0.395. The van der Waals surface area contributed by atoms with Crippen LogP contribution in [-0.4, -0.2) is 87.5 Å². The number of carboxylic acids is 2. The zero-order valence-corrected chi connectivity index (χ0v) is 33.3. The van der Waals surface area contributed by atoms with Crippen molar-refractivity contribution >= 4 is 35.1 Å². The molecule has 0 bridgehead atoms. The molecule has 1 aromatic heterocycles. The molecule has 2 fully saturated rings. The van der Waals surface area contributed by atoms with Crippen LogP contribution in [0.15, 0.2) is 67.0 Å². The van der Waals surface area contributed by atoms with Crippen molar-refractivity contribution in [2.24, 2.45) is 5.41 Å². The molecular weight excluding hydrogens is 771 g/mol. The molecule has 3 aromatic carbocycles. The van der Waals surface area contributed by atoms with Crippen molar-refractivity contribution in [1.29, 1.82) is 5.26 Å². The van der Waals surface area contributed by atoms with E-state index in [0.29, 0.717) is 97.0 Å². The molecule has 0 saturated carbocycles. The second-order valence-electron chi connectivity index (χ2n) is 14.7. The van der Waals surface area contributed by atoms with E-state index in [1.54, 1.807) is 24.4 Å². The number of nitriles is 1. The highest BCUT2D eigenvalue weighted by Gasteiger charge is 2.44. The van der Waals surface area contributed by atoms with Gasteiger partial charge in [-0.3, -0.25) is 19.5 Å². The van der Waals surface area contributed by atoms with Gasteiger partial charge in [0.1, 0.15) is 48.0 Å². The first kappa shape index (κ1) is 41.7. The summed E-state index contributed by atoms with van der Waals surface area (Å²) in [6.07, 6.45) is 6.50. The molecule has 12 nitrogen and oxygen atoms in total. The van der Waals surface area contributed by atoms with Gasteiger partial charge in [0.15, 0.2) is 0 Å². The first-order valence-corrected chi connectivity index (χ1v) is 19.7. The van der Waals surface area contributed by atoms with Crippen molar-refractivity contribution in [3.05, 3.63) is 105 Å². The molecule has 2 atom stereocenters. The molecule has 0 spiro atoms. The number of likely N-dealkylation sites (tertiary alicyclic amines) is 2. The van der Waals surface area contributed by atoms with Gasteiger partial charge in [-0.05, 0) is 80.6 Å². The third-order valence-electron chi connectivity index (χ3n) is 10.9. The van der Waals surface area contributed by atoms with Crippen LogP contribution in [0.5, 0.6) is 17.2 Å². The van der Waals surface area contributed by atoms with Crippen molar-refractivity contribution in [3.8, 4) is 34.4 Å². The molecular formula is C43H46Cl2N4O8. The zero-order chi connectivity index (χ0) is 40.5. The SMILES string of the molecule is Cc1c(COc2cc(OCc3cncc(C#N)c3)c(CN3CCCC[C@H]3C(=O)O)cc2Cl)cccc1-c1cccc(OCCCN2CCC(CO)(C(=O)O)C2)c1Cl. The number of ether oxygens (including phenoxy) is 3. The number of rotatable bonds is 17. The van der Waals surface area contributed by atoms with Gasteiger partial charge < -0.3 is 34.4 Å². The Hall–Kier alpha value is -4.90. The van der Waals surface area contributed by atoms with E-state index < -0.39 is 23.4 Å². The number of carbonyl (C=O) groups is 2. The Morgan fingerprint density at radius 3 is 2.49 bits per heavy atom. The number of carboxylic acid groups (broad SMARTS) is 2. The maximum absolute atomic E-state index is 12.1. The number of hydrogen-bond acceptors (Lipinski definition) is 10. The molecule has 300 valence electrons. The summed E-state index contributed by atoms with van der Waals surface area (Å²) in [7, 11) is 0. The smallest absolute Gasteiger partial charge is 0.320 e. The molecule has 2 aliphatic heterocycles. The van der Waals surface area contributed by atoms with Crippen LogP contribution >= 0.6 is 23.2 Å². The average Bonchev–Trinajstić information content (AvgIpc) is 3.65. The van der Waals surface area contributed by atoms with Crippen molar-refractivity contribution in [2.75, 3.05) is 39.4 Å². The van der Waals surface area contributed by atoms with Crippen LogP contribution in [0.2, 0.25) is 10.0 Å². The summed E-state index contributed by atoms with van der Waals surface area (Å²) in [5, 5.41) is 39.3. The fourth-order valence-corrected chi connectivity index (χ4v) is 8.04. The van der Waals surface area contributed by atoms with Gasteiger partial charge in [0.2, 0.25) is 0 Å².